The highest BCUT2D eigenvalue weighted by atomic mass is 19.1. The van der Waals surface area contributed by atoms with Crippen LogP contribution in [0.5, 0.6) is 0 Å². The van der Waals surface area contributed by atoms with E-state index in [9.17, 15) is 9.18 Å². The Morgan fingerprint density at radius 1 is 1.33 bits per heavy atom. The highest BCUT2D eigenvalue weighted by molar-refractivity contribution is 5.70. The lowest BCUT2D eigenvalue weighted by Gasteiger charge is -2.26. The molecule has 0 N–H and O–H groups in total. The third-order valence-electron chi connectivity index (χ3n) is 2.72. The van der Waals surface area contributed by atoms with Crippen molar-refractivity contribution >= 4 is 5.97 Å². The van der Waals surface area contributed by atoms with Crippen LogP contribution in [0.15, 0.2) is 24.3 Å². The van der Waals surface area contributed by atoms with E-state index in [-0.39, 0.29) is 12.2 Å². The van der Waals surface area contributed by atoms with Crippen molar-refractivity contribution in [3.8, 4) is 0 Å². The van der Waals surface area contributed by atoms with Crippen molar-refractivity contribution in [2.75, 3.05) is 19.8 Å². The summed E-state index contributed by atoms with van der Waals surface area (Å²) < 4.78 is 28.9. The summed E-state index contributed by atoms with van der Waals surface area (Å²) >= 11 is 0. The molecule has 0 bridgehead atoms. The largest absolute Gasteiger partial charge is 0.466 e. The molecule has 2 rings (SSSR count). The molecular formula is C13H15FO4. The minimum atomic E-state index is -1.14. The molecule has 1 fully saturated rings. The molecule has 0 saturated carbocycles. The molecule has 5 heteroatoms. The van der Waals surface area contributed by atoms with E-state index < -0.39 is 11.8 Å². The maximum atomic E-state index is 12.9. The smallest absolute Gasteiger partial charge is 0.311 e. The van der Waals surface area contributed by atoms with Crippen LogP contribution < -0.4 is 0 Å². The normalized spacial score (nSPS) is 17.7. The van der Waals surface area contributed by atoms with Crippen molar-refractivity contribution in [2.45, 2.75) is 19.1 Å². The minimum absolute atomic E-state index is 0.0352. The second kappa shape index (κ2) is 5.46. The number of rotatable bonds is 4. The standard InChI is InChI=1S/C13H15FO4/c1-2-16-12(15)9-13(17-7-8-18-13)10-3-5-11(14)6-4-10/h3-6H,2,7-9H2,1H3. The van der Waals surface area contributed by atoms with Crippen molar-refractivity contribution < 1.29 is 23.4 Å². The Balaban J connectivity index is 2.21. The Labute approximate surface area is 105 Å². The Kier molecular flexibility index (Phi) is 3.93. The van der Waals surface area contributed by atoms with E-state index in [1.54, 1.807) is 19.1 Å². The molecular weight excluding hydrogens is 239 g/mol. The second-order valence-electron chi connectivity index (χ2n) is 3.94. The molecule has 1 aromatic carbocycles. The van der Waals surface area contributed by atoms with Crippen molar-refractivity contribution in [3.63, 3.8) is 0 Å². The lowest BCUT2D eigenvalue weighted by molar-refractivity contribution is -0.188. The van der Waals surface area contributed by atoms with Gasteiger partial charge in [0.2, 0.25) is 5.79 Å². The van der Waals surface area contributed by atoms with Crippen LogP contribution >= 0.6 is 0 Å². The van der Waals surface area contributed by atoms with E-state index in [2.05, 4.69) is 0 Å². The fraction of sp³-hybridized carbons (Fsp3) is 0.462. The van der Waals surface area contributed by atoms with Crippen molar-refractivity contribution in [3.05, 3.63) is 35.6 Å². The molecule has 1 saturated heterocycles. The zero-order chi connectivity index (χ0) is 13.0. The van der Waals surface area contributed by atoms with E-state index in [0.29, 0.717) is 25.4 Å². The van der Waals surface area contributed by atoms with Crippen LogP contribution in [0.25, 0.3) is 0 Å². The van der Waals surface area contributed by atoms with E-state index in [0.717, 1.165) is 0 Å². The Hall–Kier alpha value is -1.46. The van der Waals surface area contributed by atoms with Crippen LogP contribution in [-0.4, -0.2) is 25.8 Å². The molecule has 0 spiro atoms. The molecule has 0 atom stereocenters. The highest BCUT2D eigenvalue weighted by Gasteiger charge is 2.41. The van der Waals surface area contributed by atoms with Crippen molar-refractivity contribution in [1.82, 2.24) is 0 Å². The number of hydrogen-bond acceptors (Lipinski definition) is 4. The minimum Gasteiger partial charge on any atom is -0.466 e. The van der Waals surface area contributed by atoms with Crippen LogP contribution in [0.1, 0.15) is 18.9 Å². The molecule has 0 unspecified atom stereocenters. The van der Waals surface area contributed by atoms with Gasteiger partial charge in [0.15, 0.2) is 0 Å². The van der Waals surface area contributed by atoms with Crippen LogP contribution in [-0.2, 0) is 24.8 Å². The first-order chi connectivity index (χ1) is 8.66. The fourth-order valence-corrected chi connectivity index (χ4v) is 1.93. The molecule has 1 aliphatic heterocycles. The predicted molar refractivity (Wildman–Crippen MR) is 61.2 cm³/mol. The summed E-state index contributed by atoms with van der Waals surface area (Å²) in [5.41, 5.74) is 0.620. The van der Waals surface area contributed by atoms with E-state index in [1.165, 1.54) is 12.1 Å². The summed E-state index contributed by atoms with van der Waals surface area (Å²) in [6.07, 6.45) is -0.0352. The summed E-state index contributed by atoms with van der Waals surface area (Å²) in [7, 11) is 0. The predicted octanol–water partition coefficient (Wildman–Crippen LogP) is 1.98. The zero-order valence-corrected chi connectivity index (χ0v) is 10.1. The summed E-state index contributed by atoms with van der Waals surface area (Å²) in [6, 6.07) is 5.74. The molecule has 1 heterocycles. The van der Waals surface area contributed by atoms with Crippen LogP contribution in [0, 0.1) is 5.82 Å². The van der Waals surface area contributed by atoms with Gasteiger partial charge in [-0.2, -0.15) is 0 Å². The number of esters is 1. The monoisotopic (exact) mass is 254 g/mol. The number of benzene rings is 1. The summed E-state index contributed by atoms with van der Waals surface area (Å²) in [6.45, 7) is 2.84. The van der Waals surface area contributed by atoms with Crippen LogP contribution in [0.2, 0.25) is 0 Å². The Bertz CT molecular complexity index is 410. The van der Waals surface area contributed by atoms with Crippen molar-refractivity contribution in [1.29, 1.82) is 0 Å². The molecule has 1 aromatic rings. The lowest BCUT2D eigenvalue weighted by Crippen LogP contribution is -2.31. The highest BCUT2D eigenvalue weighted by Crippen LogP contribution is 2.35. The molecule has 0 radical (unpaired) electrons. The topological polar surface area (TPSA) is 44.8 Å². The number of carbonyl (C=O) groups excluding carboxylic acids is 1. The number of hydrogen-bond donors (Lipinski definition) is 0. The van der Waals surface area contributed by atoms with Gasteiger partial charge in [0.25, 0.3) is 0 Å². The summed E-state index contributed by atoms with van der Waals surface area (Å²) in [5, 5.41) is 0. The van der Waals surface area contributed by atoms with E-state index in [4.69, 9.17) is 14.2 Å². The van der Waals surface area contributed by atoms with Gasteiger partial charge in [0.05, 0.1) is 19.8 Å². The van der Waals surface area contributed by atoms with Gasteiger partial charge in [0.1, 0.15) is 12.2 Å². The quantitative estimate of drug-likeness (QED) is 0.771. The van der Waals surface area contributed by atoms with Gasteiger partial charge in [-0.1, -0.05) is 12.1 Å². The average molecular weight is 254 g/mol. The first-order valence-electron chi connectivity index (χ1n) is 5.86. The van der Waals surface area contributed by atoms with Crippen molar-refractivity contribution in [2.24, 2.45) is 0 Å². The first kappa shape index (κ1) is 13.0. The van der Waals surface area contributed by atoms with E-state index in [1.807, 2.05) is 0 Å². The molecule has 0 aliphatic carbocycles. The average Bonchev–Trinajstić information content (AvgIpc) is 2.79. The molecule has 0 aromatic heterocycles. The van der Waals surface area contributed by atoms with Gasteiger partial charge in [0, 0.05) is 5.56 Å². The molecule has 0 amide bonds. The Morgan fingerprint density at radius 2 is 1.94 bits per heavy atom. The summed E-state index contributed by atoms with van der Waals surface area (Å²) in [4.78, 5) is 11.6. The maximum absolute atomic E-state index is 12.9. The van der Waals surface area contributed by atoms with Gasteiger partial charge in [-0.3, -0.25) is 4.79 Å². The van der Waals surface area contributed by atoms with Gasteiger partial charge in [-0.15, -0.1) is 0 Å². The Morgan fingerprint density at radius 3 is 2.50 bits per heavy atom. The van der Waals surface area contributed by atoms with Crippen LogP contribution in [0.4, 0.5) is 4.39 Å². The van der Waals surface area contributed by atoms with Crippen LogP contribution in [0.3, 0.4) is 0 Å². The number of carbonyl (C=O) groups is 1. The first-order valence-corrected chi connectivity index (χ1v) is 5.86. The molecule has 1 aliphatic rings. The molecule has 4 nitrogen and oxygen atoms in total. The fourth-order valence-electron chi connectivity index (χ4n) is 1.93. The molecule has 18 heavy (non-hydrogen) atoms. The van der Waals surface area contributed by atoms with Gasteiger partial charge >= 0.3 is 5.97 Å². The third kappa shape index (κ3) is 2.68. The zero-order valence-electron chi connectivity index (χ0n) is 10.1. The third-order valence-corrected chi connectivity index (χ3v) is 2.72. The molecule has 98 valence electrons. The van der Waals surface area contributed by atoms with Gasteiger partial charge in [-0.05, 0) is 19.1 Å². The number of halogens is 1. The van der Waals surface area contributed by atoms with E-state index >= 15 is 0 Å². The SMILES string of the molecule is CCOC(=O)CC1(c2ccc(F)cc2)OCCO1. The number of ether oxygens (including phenoxy) is 3. The summed E-state index contributed by atoms with van der Waals surface area (Å²) in [5.74, 6) is -1.88. The van der Waals surface area contributed by atoms with Gasteiger partial charge in [-0.25, -0.2) is 4.39 Å². The second-order valence-corrected chi connectivity index (χ2v) is 3.94. The lowest BCUT2D eigenvalue weighted by atomic mass is 10.0. The van der Waals surface area contributed by atoms with Gasteiger partial charge < -0.3 is 14.2 Å². The maximum Gasteiger partial charge on any atom is 0.311 e.